The number of anilines is 1. The third-order valence-electron chi connectivity index (χ3n) is 3.87. The van der Waals surface area contributed by atoms with Gasteiger partial charge in [0.25, 0.3) is 5.91 Å². The maximum absolute atomic E-state index is 12.2. The van der Waals surface area contributed by atoms with Crippen LogP contribution in [0.25, 0.3) is 0 Å². The van der Waals surface area contributed by atoms with E-state index >= 15 is 0 Å². The monoisotopic (exact) mass is 411 g/mol. The number of carbonyl (C=O) groups excluding carboxylic acids is 3. The summed E-state index contributed by atoms with van der Waals surface area (Å²) >= 11 is 1.34. The number of benzene rings is 2. The zero-order valence-corrected chi connectivity index (χ0v) is 16.4. The number of ether oxygens (including phenoxy) is 3. The van der Waals surface area contributed by atoms with Crippen LogP contribution in [0.5, 0.6) is 11.5 Å². The molecule has 0 saturated carbocycles. The van der Waals surface area contributed by atoms with Gasteiger partial charge in [0.1, 0.15) is 11.5 Å². The third kappa shape index (κ3) is 4.80. The zero-order chi connectivity index (χ0) is 20.8. The summed E-state index contributed by atoms with van der Waals surface area (Å²) in [5.74, 6) is -0.800. The van der Waals surface area contributed by atoms with Crippen LogP contribution in [0.1, 0.15) is 30.4 Å². The Kier molecular flexibility index (Phi) is 6.25. The molecule has 1 aromatic heterocycles. The van der Waals surface area contributed by atoms with Gasteiger partial charge < -0.3 is 19.5 Å². The Morgan fingerprint density at radius 2 is 1.55 bits per heavy atom. The fraction of sp³-hybridized carbons (Fsp3) is 0.0952. The lowest BCUT2D eigenvalue weighted by molar-refractivity contribution is 0.0555. The van der Waals surface area contributed by atoms with E-state index in [0.717, 1.165) is 0 Å². The highest BCUT2D eigenvalue weighted by Gasteiger charge is 2.19. The first-order chi connectivity index (χ1) is 14.0. The molecule has 3 aromatic rings. The summed E-state index contributed by atoms with van der Waals surface area (Å²) < 4.78 is 15.2. The third-order valence-corrected chi connectivity index (χ3v) is 4.74. The van der Waals surface area contributed by atoms with Crippen molar-refractivity contribution in [2.45, 2.75) is 0 Å². The molecule has 3 rings (SSSR count). The first kappa shape index (κ1) is 20.1. The summed E-state index contributed by atoms with van der Waals surface area (Å²) in [6.07, 6.45) is 0. The summed E-state index contributed by atoms with van der Waals surface area (Å²) in [7, 11) is 2.44. The van der Waals surface area contributed by atoms with Crippen LogP contribution < -0.4 is 10.1 Å². The van der Waals surface area contributed by atoms with Crippen molar-refractivity contribution >= 4 is 34.9 Å². The Hall–Kier alpha value is -3.65. The number of hydrogen-bond acceptors (Lipinski definition) is 7. The van der Waals surface area contributed by atoms with E-state index in [1.54, 1.807) is 36.4 Å². The van der Waals surface area contributed by atoms with Gasteiger partial charge in [-0.3, -0.25) is 4.79 Å². The molecule has 1 amide bonds. The second-order valence-electron chi connectivity index (χ2n) is 5.75. The van der Waals surface area contributed by atoms with Crippen molar-refractivity contribution in [1.29, 1.82) is 0 Å². The van der Waals surface area contributed by atoms with Crippen molar-refractivity contribution in [3.63, 3.8) is 0 Å². The fourth-order valence-electron chi connectivity index (χ4n) is 2.53. The average molecular weight is 411 g/mol. The van der Waals surface area contributed by atoms with Gasteiger partial charge >= 0.3 is 11.9 Å². The van der Waals surface area contributed by atoms with Crippen molar-refractivity contribution in [3.8, 4) is 11.5 Å². The molecule has 148 valence electrons. The van der Waals surface area contributed by atoms with E-state index in [9.17, 15) is 14.4 Å². The van der Waals surface area contributed by atoms with Crippen LogP contribution in [-0.2, 0) is 9.47 Å². The van der Waals surface area contributed by atoms with Crippen LogP contribution in [0.4, 0.5) is 5.69 Å². The number of nitrogens with one attached hydrogen (secondary N) is 1. The highest BCUT2D eigenvalue weighted by atomic mass is 32.1. The molecule has 0 spiro atoms. The minimum Gasteiger partial charge on any atom is -0.465 e. The van der Waals surface area contributed by atoms with E-state index in [-0.39, 0.29) is 17.0 Å². The standard InChI is InChI=1S/C21H17NO6S/c1-26-20(24)16-9-8-15(12-17(16)21(25)27-2)28-14-6-3-5-13(11-14)22-19(23)18-7-4-10-29-18/h3-12H,1-2H3,(H,22,23). The van der Waals surface area contributed by atoms with Crippen LogP contribution in [0.3, 0.4) is 0 Å². The largest absolute Gasteiger partial charge is 0.465 e. The number of rotatable bonds is 6. The maximum Gasteiger partial charge on any atom is 0.338 e. The molecule has 0 unspecified atom stereocenters. The van der Waals surface area contributed by atoms with Gasteiger partial charge in [-0.2, -0.15) is 0 Å². The topological polar surface area (TPSA) is 90.9 Å². The Morgan fingerprint density at radius 3 is 2.24 bits per heavy atom. The van der Waals surface area contributed by atoms with Gasteiger partial charge in [-0.15, -0.1) is 11.3 Å². The molecule has 1 N–H and O–H groups in total. The Bertz CT molecular complexity index is 1050. The molecule has 0 aliphatic rings. The molecule has 0 aliphatic heterocycles. The number of esters is 2. The maximum atomic E-state index is 12.2. The molecule has 8 heteroatoms. The van der Waals surface area contributed by atoms with Gasteiger partial charge in [0.2, 0.25) is 0 Å². The first-order valence-electron chi connectivity index (χ1n) is 8.45. The Balaban J connectivity index is 1.81. The lowest BCUT2D eigenvalue weighted by Gasteiger charge is -2.11. The Labute approximate surface area is 170 Å². The summed E-state index contributed by atoms with van der Waals surface area (Å²) in [6, 6.07) is 14.7. The van der Waals surface area contributed by atoms with E-state index in [4.69, 9.17) is 9.47 Å². The second kappa shape index (κ2) is 9.03. The fourth-order valence-corrected chi connectivity index (χ4v) is 3.15. The molecule has 7 nitrogen and oxygen atoms in total. The molecule has 1 heterocycles. The van der Waals surface area contributed by atoms with Gasteiger partial charge in [-0.1, -0.05) is 12.1 Å². The second-order valence-corrected chi connectivity index (χ2v) is 6.70. The minimum atomic E-state index is -0.687. The molecule has 0 saturated heterocycles. The number of carbonyl (C=O) groups is 3. The van der Waals surface area contributed by atoms with Crippen LogP contribution >= 0.6 is 11.3 Å². The smallest absolute Gasteiger partial charge is 0.338 e. The van der Waals surface area contributed by atoms with E-state index in [0.29, 0.717) is 22.1 Å². The summed E-state index contributed by atoms with van der Waals surface area (Å²) in [6.45, 7) is 0. The molecule has 0 fully saturated rings. The van der Waals surface area contributed by atoms with E-state index in [1.165, 1.54) is 43.8 Å². The first-order valence-corrected chi connectivity index (χ1v) is 9.33. The van der Waals surface area contributed by atoms with Crippen molar-refractivity contribution in [1.82, 2.24) is 0 Å². The molecule has 0 aliphatic carbocycles. The van der Waals surface area contributed by atoms with Crippen molar-refractivity contribution in [3.05, 3.63) is 76.0 Å². The van der Waals surface area contributed by atoms with Gasteiger partial charge in [0.15, 0.2) is 0 Å². The molecule has 0 radical (unpaired) electrons. The number of amides is 1. The molecule has 0 atom stereocenters. The molecule has 2 aromatic carbocycles. The van der Waals surface area contributed by atoms with Crippen molar-refractivity contribution in [2.75, 3.05) is 19.5 Å². The summed E-state index contributed by atoms with van der Waals surface area (Å²) in [5.41, 5.74) is 0.655. The molecule has 0 bridgehead atoms. The summed E-state index contributed by atoms with van der Waals surface area (Å²) in [4.78, 5) is 36.7. The van der Waals surface area contributed by atoms with E-state index in [1.807, 2.05) is 5.38 Å². The highest BCUT2D eigenvalue weighted by molar-refractivity contribution is 7.12. The molecular formula is C21H17NO6S. The molecular weight excluding hydrogens is 394 g/mol. The van der Waals surface area contributed by atoms with E-state index < -0.39 is 11.9 Å². The van der Waals surface area contributed by atoms with Gasteiger partial charge in [0, 0.05) is 11.8 Å². The van der Waals surface area contributed by atoms with Gasteiger partial charge in [0.05, 0.1) is 30.2 Å². The van der Waals surface area contributed by atoms with E-state index in [2.05, 4.69) is 10.1 Å². The lowest BCUT2D eigenvalue weighted by atomic mass is 10.1. The SMILES string of the molecule is COC(=O)c1ccc(Oc2cccc(NC(=O)c3cccs3)c2)cc1C(=O)OC. The number of hydrogen-bond donors (Lipinski definition) is 1. The molecule has 29 heavy (non-hydrogen) atoms. The highest BCUT2D eigenvalue weighted by Crippen LogP contribution is 2.27. The van der Waals surface area contributed by atoms with Gasteiger partial charge in [-0.25, -0.2) is 9.59 Å². The predicted molar refractivity (Wildman–Crippen MR) is 108 cm³/mol. The van der Waals surface area contributed by atoms with Crippen LogP contribution in [0.2, 0.25) is 0 Å². The van der Waals surface area contributed by atoms with Crippen molar-refractivity contribution < 1.29 is 28.6 Å². The minimum absolute atomic E-state index is 0.0269. The lowest BCUT2D eigenvalue weighted by Crippen LogP contribution is -2.12. The average Bonchev–Trinajstić information content (AvgIpc) is 3.28. The van der Waals surface area contributed by atoms with Crippen molar-refractivity contribution in [2.24, 2.45) is 0 Å². The number of methoxy groups -OCH3 is 2. The van der Waals surface area contributed by atoms with Crippen LogP contribution in [0.15, 0.2) is 60.0 Å². The van der Waals surface area contributed by atoms with Crippen LogP contribution in [-0.4, -0.2) is 32.1 Å². The number of thiophene rings is 1. The normalized spacial score (nSPS) is 10.1. The Morgan fingerprint density at radius 1 is 0.828 bits per heavy atom. The summed E-state index contributed by atoms with van der Waals surface area (Å²) in [5, 5.41) is 4.62. The predicted octanol–water partition coefficient (Wildman–Crippen LogP) is 4.37. The zero-order valence-electron chi connectivity index (χ0n) is 15.6. The van der Waals surface area contributed by atoms with Gasteiger partial charge in [-0.05, 0) is 41.8 Å². The quantitative estimate of drug-likeness (QED) is 0.606. The van der Waals surface area contributed by atoms with Crippen LogP contribution in [0, 0.1) is 0 Å².